The number of aliphatic hydroxyl groups is 3. The Morgan fingerprint density at radius 2 is 2.00 bits per heavy atom. The Bertz CT molecular complexity index is 201. The number of ether oxygens (including phenoxy) is 1. The third-order valence-electron chi connectivity index (χ3n) is 1.57. The second-order valence-corrected chi connectivity index (χ2v) is 3.06. The number of aliphatic hydroxyl groups excluding tert-OH is 3. The van der Waals surface area contributed by atoms with Gasteiger partial charge in [0.15, 0.2) is 0 Å². The van der Waals surface area contributed by atoms with Crippen LogP contribution < -0.4 is 0 Å². The average molecular weight is 204 g/mol. The molecule has 0 aliphatic rings. The zero-order valence-electron chi connectivity index (χ0n) is 8.14. The summed E-state index contributed by atoms with van der Waals surface area (Å²) in [6, 6.07) is 0. The minimum absolute atomic E-state index is 0.00597. The first kappa shape index (κ1) is 13.1. The fourth-order valence-electron chi connectivity index (χ4n) is 0.790. The number of carbonyl (C=O) groups excluding carboxylic acids is 1. The molecule has 0 amide bonds. The number of hydrogen-bond acceptors (Lipinski definition) is 5. The highest BCUT2D eigenvalue weighted by Gasteiger charge is 2.17. The highest BCUT2D eigenvalue weighted by atomic mass is 16.6. The Kier molecular flexibility index (Phi) is 6.11. The second kappa shape index (κ2) is 6.53. The lowest BCUT2D eigenvalue weighted by Crippen LogP contribution is -2.28. The van der Waals surface area contributed by atoms with Gasteiger partial charge in [-0.1, -0.05) is 6.58 Å². The predicted octanol–water partition coefficient (Wildman–Crippen LogP) is -0.790. The van der Waals surface area contributed by atoms with Gasteiger partial charge in [0.25, 0.3) is 0 Å². The van der Waals surface area contributed by atoms with Gasteiger partial charge in [0.05, 0.1) is 19.3 Å². The van der Waals surface area contributed by atoms with Crippen LogP contribution in [0.4, 0.5) is 0 Å². The lowest BCUT2D eigenvalue weighted by Gasteiger charge is -2.17. The van der Waals surface area contributed by atoms with Crippen LogP contribution >= 0.6 is 0 Å². The Balaban J connectivity index is 4.02. The maximum Gasteiger partial charge on any atom is 0.333 e. The van der Waals surface area contributed by atoms with Crippen LogP contribution in [-0.2, 0) is 9.53 Å². The minimum atomic E-state index is -0.995. The van der Waals surface area contributed by atoms with Crippen LogP contribution in [-0.4, -0.2) is 46.7 Å². The number of esters is 1. The van der Waals surface area contributed by atoms with E-state index in [1.165, 1.54) is 6.92 Å². The summed E-state index contributed by atoms with van der Waals surface area (Å²) in [4.78, 5) is 11.0. The molecule has 0 saturated carbocycles. The van der Waals surface area contributed by atoms with Gasteiger partial charge in [0.2, 0.25) is 0 Å². The Hall–Kier alpha value is -0.910. The summed E-state index contributed by atoms with van der Waals surface area (Å²) in [6.45, 7) is 4.04. The molecule has 0 heterocycles. The van der Waals surface area contributed by atoms with E-state index in [4.69, 9.17) is 20.1 Å². The third-order valence-corrected chi connectivity index (χ3v) is 1.57. The van der Waals surface area contributed by atoms with Crippen molar-refractivity contribution in [2.75, 3.05) is 13.2 Å². The van der Waals surface area contributed by atoms with Crippen LogP contribution in [0.25, 0.3) is 0 Å². The molecule has 14 heavy (non-hydrogen) atoms. The molecule has 0 aromatic carbocycles. The molecule has 3 N–H and O–H groups in total. The highest BCUT2D eigenvalue weighted by molar-refractivity contribution is 5.87. The van der Waals surface area contributed by atoms with Crippen LogP contribution in [0.3, 0.4) is 0 Å². The zero-order valence-corrected chi connectivity index (χ0v) is 8.14. The summed E-state index contributed by atoms with van der Waals surface area (Å²) in [5.74, 6) is -0.616. The molecule has 0 fully saturated rings. The molecule has 0 aromatic heterocycles. The van der Waals surface area contributed by atoms with Gasteiger partial charge in [0, 0.05) is 12.0 Å². The SMILES string of the molecule is C=C(C)C(=O)OC(CO)CC(O)CO. The fourth-order valence-corrected chi connectivity index (χ4v) is 0.790. The maximum atomic E-state index is 11.0. The maximum absolute atomic E-state index is 11.0. The first-order chi connectivity index (χ1) is 6.51. The first-order valence-electron chi connectivity index (χ1n) is 4.27. The topological polar surface area (TPSA) is 87.0 Å². The van der Waals surface area contributed by atoms with Crippen molar-refractivity contribution in [3.05, 3.63) is 12.2 Å². The quantitative estimate of drug-likeness (QED) is 0.390. The highest BCUT2D eigenvalue weighted by Crippen LogP contribution is 2.05. The molecule has 5 nitrogen and oxygen atoms in total. The normalized spacial score (nSPS) is 14.6. The molecule has 0 spiro atoms. The van der Waals surface area contributed by atoms with Gasteiger partial charge in [-0.15, -0.1) is 0 Å². The molecule has 0 aromatic rings. The zero-order chi connectivity index (χ0) is 11.1. The van der Waals surface area contributed by atoms with Crippen LogP contribution in [0.1, 0.15) is 13.3 Å². The molecule has 0 radical (unpaired) electrons. The van der Waals surface area contributed by atoms with Gasteiger partial charge in [-0.3, -0.25) is 0 Å². The van der Waals surface area contributed by atoms with Crippen molar-refractivity contribution >= 4 is 5.97 Å². The predicted molar refractivity (Wildman–Crippen MR) is 49.5 cm³/mol. The lowest BCUT2D eigenvalue weighted by molar-refractivity contribution is -0.148. The number of carbonyl (C=O) groups is 1. The van der Waals surface area contributed by atoms with Gasteiger partial charge in [-0.25, -0.2) is 4.79 Å². The molecule has 82 valence electrons. The van der Waals surface area contributed by atoms with Gasteiger partial charge < -0.3 is 20.1 Å². The monoisotopic (exact) mass is 204 g/mol. The molecule has 5 heteroatoms. The summed E-state index contributed by atoms with van der Waals surface area (Å²) >= 11 is 0. The molecular formula is C9H16O5. The van der Waals surface area contributed by atoms with E-state index in [1.54, 1.807) is 0 Å². The molecule has 0 saturated heterocycles. The largest absolute Gasteiger partial charge is 0.456 e. The third kappa shape index (κ3) is 4.96. The lowest BCUT2D eigenvalue weighted by atomic mass is 10.2. The summed E-state index contributed by atoms with van der Waals surface area (Å²) in [6.07, 6.45) is -1.79. The van der Waals surface area contributed by atoms with Crippen LogP contribution in [0.5, 0.6) is 0 Å². The molecule has 0 bridgehead atoms. The average Bonchev–Trinajstić information content (AvgIpc) is 2.16. The molecule has 0 aliphatic carbocycles. The minimum Gasteiger partial charge on any atom is -0.456 e. The van der Waals surface area contributed by atoms with Crippen molar-refractivity contribution in [2.45, 2.75) is 25.6 Å². The summed E-state index contributed by atoms with van der Waals surface area (Å²) in [5.41, 5.74) is 0.224. The van der Waals surface area contributed by atoms with E-state index in [9.17, 15) is 4.79 Å². The molecule has 0 aliphatic heterocycles. The second-order valence-electron chi connectivity index (χ2n) is 3.06. The standard InChI is InChI=1S/C9H16O5/c1-6(2)9(13)14-8(5-11)3-7(12)4-10/h7-8,10-12H,1,3-5H2,2H3. The van der Waals surface area contributed by atoms with E-state index < -0.39 is 31.4 Å². The van der Waals surface area contributed by atoms with Crippen molar-refractivity contribution in [3.8, 4) is 0 Å². The van der Waals surface area contributed by atoms with E-state index in [1.807, 2.05) is 0 Å². The van der Waals surface area contributed by atoms with Gasteiger partial charge in [-0.05, 0) is 6.92 Å². The van der Waals surface area contributed by atoms with Crippen molar-refractivity contribution < 1.29 is 24.9 Å². The summed E-state index contributed by atoms with van der Waals surface area (Å²) < 4.78 is 4.77. The smallest absolute Gasteiger partial charge is 0.333 e. The van der Waals surface area contributed by atoms with Gasteiger partial charge in [-0.2, -0.15) is 0 Å². The van der Waals surface area contributed by atoms with Crippen molar-refractivity contribution in [3.63, 3.8) is 0 Å². The van der Waals surface area contributed by atoms with Crippen LogP contribution in [0.2, 0.25) is 0 Å². The van der Waals surface area contributed by atoms with Crippen molar-refractivity contribution in [1.29, 1.82) is 0 Å². The first-order valence-corrected chi connectivity index (χ1v) is 4.27. The van der Waals surface area contributed by atoms with Crippen molar-refractivity contribution in [2.24, 2.45) is 0 Å². The van der Waals surface area contributed by atoms with E-state index >= 15 is 0 Å². The Morgan fingerprint density at radius 1 is 1.43 bits per heavy atom. The molecule has 0 rings (SSSR count). The van der Waals surface area contributed by atoms with E-state index in [-0.39, 0.29) is 12.0 Å². The fraction of sp³-hybridized carbons (Fsp3) is 0.667. The summed E-state index contributed by atoms with van der Waals surface area (Å²) in [7, 11) is 0. The van der Waals surface area contributed by atoms with E-state index in [2.05, 4.69) is 6.58 Å². The van der Waals surface area contributed by atoms with Gasteiger partial charge in [0.1, 0.15) is 6.10 Å². The number of hydrogen-bond donors (Lipinski definition) is 3. The van der Waals surface area contributed by atoms with Gasteiger partial charge >= 0.3 is 5.97 Å². The molecular weight excluding hydrogens is 188 g/mol. The Morgan fingerprint density at radius 3 is 2.36 bits per heavy atom. The number of rotatable bonds is 6. The molecule has 2 unspecified atom stereocenters. The van der Waals surface area contributed by atoms with E-state index in [0.717, 1.165) is 0 Å². The van der Waals surface area contributed by atoms with Crippen LogP contribution in [0, 0.1) is 0 Å². The van der Waals surface area contributed by atoms with E-state index in [0.29, 0.717) is 0 Å². The van der Waals surface area contributed by atoms with Crippen LogP contribution in [0.15, 0.2) is 12.2 Å². The molecule has 2 atom stereocenters. The van der Waals surface area contributed by atoms with Crippen molar-refractivity contribution in [1.82, 2.24) is 0 Å². The summed E-state index contributed by atoms with van der Waals surface area (Å²) in [5, 5.41) is 26.4. The Labute approximate surface area is 82.6 Å².